The van der Waals surface area contributed by atoms with Gasteiger partial charge in [-0.15, -0.1) is 0 Å². The Bertz CT molecular complexity index is 1850. The normalized spacial score (nSPS) is 10.9. The maximum atomic E-state index is 5.53. The summed E-state index contributed by atoms with van der Waals surface area (Å²) in [6, 6.07) is 50.1. The molecule has 7 rings (SSSR count). The van der Waals surface area contributed by atoms with Crippen molar-refractivity contribution in [3.8, 4) is 23.0 Å². The minimum atomic E-state index is 0.799. The zero-order valence-corrected chi connectivity index (χ0v) is 27.4. The molecule has 0 bridgehead atoms. The molecule has 6 heteroatoms. The maximum absolute atomic E-state index is 5.53. The Hall–Kier alpha value is -6.14. The fourth-order valence-corrected chi connectivity index (χ4v) is 6.30. The second kappa shape index (κ2) is 13.3. The average Bonchev–Trinajstić information content (AvgIpc) is 3.16. The van der Waals surface area contributed by atoms with Gasteiger partial charge in [0.2, 0.25) is 0 Å². The predicted molar refractivity (Wildman–Crippen MR) is 197 cm³/mol. The summed E-state index contributed by atoms with van der Waals surface area (Å²) in [7, 11) is 6.75. The molecule has 0 spiro atoms. The van der Waals surface area contributed by atoms with Crippen LogP contribution in [0.4, 0.5) is 34.1 Å². The number of benzene rings is 7. The Morgan fingerprint density at radius 2 is 0.500 bits per heavy atom. The SMILES string of the molecule is COc1ccc(N(c2ccc(OC)cc2)c2c3ccccc3c(N(c3ccc(OC)cc3)c3ccc(OC)cc3)c3ccccc23)cc1. The van der Waals surface area contributed by atoms with Crippen molar-refractivity contribution >= 4 is 55.7 Å². The molecule has 0 aliphatic heterocycles. The van der Waals surface area contributed by atoms with Crippen LogP contribution in [0.25, 0.3) is 21.5 Å². The smallest absolute Gasteiger partial charge is 0.119 e. The molecule has 0 aromatic heterocycles. The molecule has 7 aromatic rings. The van der Waals surface area contributed by atoms with Crippen LogP contribution in [0.15, 0.2) is 146 Å². The first-order valence-corrected chi connectivity index (χ1v) is 15.7. The van der Waals surface area contributed by atoms with Crippen LogP contribution in [-0.2, 0) is 0 Å². The van der Waals surface area contributed by atoms with E-state index in [9.17, 15) is 0 Å². The van der Waals surface area contributed by atoms with Crippen molar-refractivity contribution in [1.82, 2.24) is 0 Å². The summed E-state index contributed by atoms with van der Waals surface area (Å²) in [4.78, 5) is 4.64. The lowest BCUT2D eigenvalue weighted by molar-refractivity contribution is 0.414. The van der Waals surface area contributed by atoms with E-state index in [1.165, 1.54) is 0 Å². The molecule has 0 aliphatic carbocycles. The highest BCUT2D eigenvalue weighted by atomic mass is 16.5. The monoisotopic (exact) mass is 632 g/mol. The Balaban J connectivity index is 1.56. The number of hydrogen-bond acceptors (Lipinski definition) is 6. The molecule has 0 N–H and O–H groups in total. The Kier molecular flexibility index (Phi) is 8.46. The molecule has 0 fully saturated rings. The quantitative estimate of drug-likeness (QED) is 0.110. The zero-order chi connectivity index (χ0) is 33.0. The molecular formula is C42H36N2O4. The minimum absolute atomic E-state index is 0.799. The van der Waals surface area contributed by atoms with Crippen molar-refractivity contribution in [2.45, 2.75) is 0 Å². The Morgan fingerprint density at radius 1 is 0.292 bits per heavy atom. The third kappa shape index (κ3) is 5.58. The topological polar surface area (TPSA) is 43.4 Å². The van der Waals surface area contributed by atoms with E-state index in [-0.39, 0.29) is 0 Å². The van der Waals surface area contributed by atoms with Crippen molar-refractivity contribution in [3.05, 3.63) is 146 Å². The number of rotatable bonds is 10. The van der Waals surface area contributed by atoms with Crippen LogP contribution in [0, 0.1) is 0 Å². The van der Waals surface area contributed by atoms with Gasteiger partial charge < -0.3 is 28.7 Å². The van der Waals surface area contributed by atoms with Crippen molar-refractivity contribution in [2.75, 3.05) is 38.2 Å². The van der Waals surface area contributed by atoms with Crippen molar-refractivity contribution in [2.24, 2.45) is 0 Å². The van der Waals surface area contributed by atoms with Crippen LogP contribution in [-0.4, -0.2) is 28.4 Å². The molecule has 0 saturated heterocycles. The maximum Gasteiger partial charge on any atom is 0.119 e. The van der Waals surface area contributed by atoms with Gasteiger partial charge in [-0.2, -0.15) is 0 Å². The largest absolute Gasteiger partial charge is 0.497 e. The lowest BCUT2D eigenvalue weighted by Crippen LogP contribution is -2.14. The van der Waals surface area contributed by atoms with Crippen molar-refractivity contribution < 1.29 is 18.9 Å². The van der Waals surface area contributed by atoms with E-state index >= 15 is 0 Å². The van der Waals surface area contributed by atoms with Crippen LogP contribution >= 0.6 is 0 Å². The standard InChI is InChI=1S/C42H36N2O4/c1-45-33-21-13-29(14-22-33)43(30-15-23-34(46-2)24-16-30)41-37-9-5-7-11-39(37)42(40-12-8-6-10-38(40)41)44(31-17-25-35(47-3)26-18-31)32-19-27-36(48-4)28-20-32/h5-28H,1-4H3. The van der Waals surface area contributed by atoms with E-state index in [2.05, 4.69) is 107 Å². The first kappa shape index (κ1) is 30.5. The van der Waals surface area contributed by atoms with Gasteiger partial charge in [-0.05, 0) is 97.1 Å². The highest BCUT2D eigenvalue weighted by molar-refractivity contribution is 6.23. The first-order chi connectivity index (χ1) is 23.6. The predicted octanol–water partition coefficient (Wildman–Crippen LogP) is 11.0. The van der Waals surface area contributed by atoms with Gasteiger partial charge in [-0.3, -0.25) is 0 Å². The number of nitrogens with zero attached hydrogens (tertiary/aromatic N) is 2. The van der Waals surface area contributed by atoms with E-state index in [1.807, 2.05) is 48.5 Å². The van der Waals surface area contributed by atoms with Crippen molar-refractivity contribution in [3.63, 3.8) is 0 Å². The zero-order valence-electron chi connectivity index (χ0n) is 27.4. The molecule has 238 valence electrons. The summed E-state index contributed by atoms with van der Waals surface area (Å²) in [6.45, 7) is 0. The van der Waals surface area contributed by atoms with Gasteiger partial charge >= 0.3 is 0 Å². The fraction of sp³-hybridized carbons (Fsp3) is 0.0952. The second-order valence-electron chi connectivity index (χ2n) is 11.3. The molecule has 0 heterocycles. The molecule has 0 saturated carbocycles. The van der Waals surface area contributed by atoms with Crippen LogP contribution < -0.4 is 28.7 Å². The number of methoxy groups -OCH3 is 4. The van der Waals surface area contributed by atoms with Gasteiger partial charge in [0.25, 0.3) is 0 Å². The third-order valence-corrected chi connectivity index (χ3v) is 8.64. The van der Waals surface area contributed by atoms with Gasteiger partial charge in [-0.1, -0.05) is 48.5 Å². The van der Waals surface area contributed by atoms with Gasteiger partial charge in [-0.25, -0.2) is 0 Å². The molecule has 0 atom stereocenters. The molecular weight excluding hydrogens is 596 g/mol. The minimum Gasteiger partial charge on any atom is -0.497 e. The average molecular weight is 633 g/mol. The molecule has 0 radical (unpaired) electrons. The highest BCUT2D eigenvalue weighted by Gasteiger charge is 2.25. The first-order valence-electron chi connectivity index (χ1n) is 15.7. The Labute approximate surface area is 280 Å². The number of fused-ring (bicyclic) bond motifs is 2. The van der Waals surface area contributed by atoms with E-state index in [0.29, 0.717) is 0 Å². The highest BCUT2D eigenvalue weighted by Crippen LogP contribution is 2.51. The van der Waals surface area contributed by atoms with Crippen LogP contribution in [0.3, 0.4) is 0 Å². The third-order valence-electron chi connectivity index (χ3n) is 8.64. The van der Waals surface area contributed by atoms with Gasteiger partial charge in [0.05, 0.1) is 39.8 Å². The lowest BCUT2D eigenvalue weighted by atomic mass is 9.95. The summed E-state index contributed by atoms with van der Waals surface area (Å²) in [6.07, 6.45) is 0. The summed E-state index contributed by atoms with van der Waals surface area (Å²) in [5, 5.41) is 4.41. The van der Waals surface area contributed by atoms with E-state index in [1.54, 1.807) is 28.4 Å². The molecule has 6 nitrogen and oxygen atoms in total. The molecule has 48 heavy (non-hydrogen) atoms. The van der Waals surface area contributed by atoms with Gasteiger partial charge in [0, 0.05) is 44.3 Å². The molecule has 0 unspecified atom stereocenters. The summed E-state index contributed by atoms with van der Waals surface area (Å²) in [5.74, 6) is 3.20. The van der Waals surface area contributed by atoms with Crippen LogP contribution in [0.5, 0.6) is 23.0 Å². The van der Waals surface area contributed by atoms with Gasteiger partial charge in [0.15, 0.2) is 0 Å². The van der Waals surface area contributed by atoms with Crippen LogP contribution in [0.1, 0.15) is 0 Å². The van der Waals surface area contributed by atoms with Crippen LogP contribution in [0.2, 0.25) is 0 Å². The molecule has 0 amide bonds. The van der Waals surface area contributed by atoms with Crippen molar-refractivity contribution in [1.29, 1.82) is 0 Å². The second-order valence-corrected chi connectivity index (χ2v) is 11.3. The molecule has 0 aliphatic rings. The summed E-state index contributed by atoms with van der Waals surface area (Å²) >= 11 is 0. The summed E-state index contributed by atoms with van der Waals surface area (Å²) in [5.41, 5.74) is 6.17. The van der Waals surface area contributed by atoms with E-state index in [4.69, 9.17) is 18.9 Å². The summed E-state index contributed by atoms with van der Waals surface area (Å²) < 4.78 is 22.1. The Morgan fingerprint density at radius 3 is 0.688 bits per heavy atom. The van der Waals surface area contributed by atoms with E-state index < -0.39 is 0 Å². The lowest BCUT2D eigenvalue weighted by Gasteiger charge is -2.33. The number of anilines is 6. The molecule has 7 aromatic carbocycles. The van der Waals surface area contributed by atoms with E-state index in [0.717, 1.165) is 78.7 Å². The fourth-order valence-electron chi connectivity index (χ4n) is 6.30. The van der Waals surface area contributed by atoms with Gasteiger partial charge in [0.1, 0.15) is 23.0 Å². The number of ether oxygens (including phenoxy) is 4. The number of hydrogen-bond donors (Lipinski definition) is 0.